The number of nitro benzene ring substituents is 1. The molecule has 30 heavy (non-hydrogen) atoms. The number of rotatable bonds is 8. The number of nitro groups is 1. The Morgan fingerprint density at radius 1 is 1.20 bits per heavy atom. The smallest absolute Gasteiger partial charge is 0.331 e. The predicted octanol–water partition coefficient (Wildman–Crippen LogP) is 4.56. The molecule has 0 aliphatic rings. The molecule has 0 N–H and O–H groups in total. The van der Waals surface area contributed by atoms with E-state index in [1.54, 1.807) is 29.5 Å². The number of benzene rings is 1. The number of carbonyl (C=O) groups is 2. The zero-order valence-electron chi connectivity index (χ0n) is 16.5. The van der Waals surface area contributed by atoms with Crippen molar-refractivity contribution in [3.05, 3.63) is 91.4 Å². The Hall–Kier alpha value is -3.52. The molecule has 0 atom stereocenters. The summed E-state index contributed by atoms with van der Waals surface area (Å²) in [5.74, 6) is -1.04. The van der Waals surface area contributed by atoms with Crippen molar-refractivity contribution in [3.8, 4) is 0 Å². The largest absolute Gasteiger partial charge is 0.454 e. The van der Waals surface area contributed by atoms with Crippen LogP contribution in [0.15, 0.2) is 53.9 Å². The Morgan fingerprint density at radius 2 is 1.97 bits per heavy atom. The second-order valence-electron chi connectivity index (χ2n) is 6.63. The molecule has 0 spiro atoms. The molecule has 7 nitrogen and oxygen atoms in total. The first-order valence-corrected chi connectivity index (χ1v) is 10.1. The molecular formula is C22H20N2O5S. The summed E-state index contributed by atoms with van der Waals surface area (Å²) in [4.78, 5) is 36.2. The summed E-state index contributed by atoms with van der Waals surface area (Å²) in [5.41, 5.74) is 2.45. The van der Waals surface area contributed by atoms with Crippen LogP contribution in [0.4, 0.5) is 5.69 Å². The Labute approximate surface area is 177 Å². The molecule has 3 aromatic rings. The van der Waals surface area contributed by atoms with Crippen molar-refractivity contribution in [2.75, 3.05) is 6.61 Å². The van der Waals surface area contributed by atoms with Crippen LogP contribution < -0.4 is 0 Å². The van der Waals surface area contributed by atoms with E-state index in [2.05, 4.69) is 4.57 Å². The van der Waals surface area contributed by atoms with Crippen molar-refractivity contribution >= 4 is 34.9 Å². The van der Waals surface area contributed by atoms with Gasteiger partial charge in [-0.3, -0.25) is 14.9 Å². The summed E-state index contributed by atoms with van der Waals surface area (Å²) in [6.07, 6.45) is 2.38. The summed E-state index contributed by atoms with van der Waals surface area (Å²) in [5, 5.41) is 13.0. The van der Waals surface area contributed by atoms with Crippen molar-refractivity contribution in [1.82, 2.24) is 4.57 Å². The highest BCUT2D eigenvalue weighted by atomic mass is 32.1. The molecule has 0 bridgehead atoms. The summed E-state index contributed by atoms with van der Waals surface area (Å²) in [6, 6.07) is 11.9. The average Bonchev–Trinajstić information content (AvgIpc) is 3.34. The van der Waals surface area contributed by atoms with Gasteiger partial charge in [0.05, 0.1) is 17.0 Å². The van der Waals surface area contributed by atoms with Crippen LogP contribution in [0.3, 0.4) is 0 Å². The van der Waals surface area contributed by atoms with Crippen LogP contribution in [0, 0.1) is 24.0 Å². The highest BCUT2D eigenvalue weighted by molar-refractivity contribution is 7.09. The molecule has 0 aliphatic carbocycles. The zero-order valence-corrected chi connectivity index (χ0v) is 17.3. The van der Waals surface area contributed by atoms with Crippen LogP contribution in [0.2, 0.25) is 0 Å². The topological polar surface area (TPSA) is 91.4 Å². The van der Waals surface area contributed by atoms with E-state index in [4.69, 9.17) is 4.74 Å². The van der Waals surface area contributed by atoms with Gasteiger partial charge < -0.3 is 9.30 Å². The van der Waals surface area contributed by atoms with E-state index in [0.29, 0.717) is 12.1 Å². The van der Waals surface area contributed by atoms with Crippen LogP contribution >= 0.6 is 11.3 Å². The van der Waals surface area contributed by atoms with Gasteiger partial charge in [-0.2, -0.15) is 0 Å². The molecule has 0 saturated heterocycles. The van der Waals surface area contributed by atoms with Crippen LogP contribution in [-0.2, 0) is 16.1 Å². The molecule has 0 amide bonds. The van der Waals surface area contributed by atoms with Crippen LogP contribution in [0.25, 0.3) is 6.08 Å². The number of Topliss-reactive ketones (excluding diaryl/α,β-unsaturated/α-hetero) is 1. The molecule has 0 aliphatic heterocycles. The first kappa shape index (κ1) is 21.2. The fourth-order valence-corrected chi connectivity index (χ4v) is 3.79. The molecule has 8 heteroatoms. The van der Waals surface area contributed by atoms with Crippen molar-refractivity contribution in [3.63, 3.8) is 0 Å². The molecular weight excluding hydrogens is 404 g/mol. The lowest BCUT2D eigenvalue weighted by atomic mass is 10.1. The minimum absolute atomic E-state index is 0.115. The predicted molar refractivity (Wildman–Crippen MR) is 115 cm³/mol. The Balaban J connectivity index is 1.63. The van der Waals surface area contributed by atoms with E-state index >= 15 is 0 Å². The number of carbonyl (C=O) groups excluding carboxylic acids is 2. The number of para-hydroxylation sites is 1. The Kier molecular flexibility index (Phi) is 6.58. The number of nitrogens with zero attached hydrogens (tertiary/aromatic N) is 2. The second-order valence-corrected chi connectivity index (χ2v) is 7.66. The lowest BCUT2D eigenvalue weighted by Gasteiger charge is -2.08. The highest BCUT2D eigenvalue weighted by Crippen LogP contribution is 2.21. The van der Waals surface area contributed by atoms with Crippen molar-refractivity contribution in [2.24, 2.45) is 0 Å². The molecule has 2 aromatic heterocycles. The van der Waals surface area contributed by atoms with Gasteiger partial charge in [-0.15, -0.1) is 11.3 Å². The first-order valence-electron chi connectivity index (χ1n) is 9.17. The Morgan fingerprint density at radius 3 is 2.67 bits per heavy atom. The second kappa shape index (κ2) is 9.32. The van der Waals surface area contributed by atoms with Gasteiger partial charge in [0.25, 0.3) is 5.69 Å². The van der Waals surface area contributed by atoms with E-state index < -0.39 is 17.5 Å². The number of esters is 1. The van der Waals surface area contributed by atoms with Gasteiger partial charge in [0.2, 0.25) is 5.78 Å². The van der Waals surface area contributed by atoms with Crippen LogP contribution in [-0.4, -0.2) is 27.8 Å². The van der Waals surface area contributed by atoms with Crippen molar-refractivity contribution in [1.29, 1.82) is 0 Å². The van der Waals surface area contributed by atoms with Gasteiger partial charge in [0, 0.05) is 34.0 Å². The van der Waals surface area contributed by atoms with Gasteiger partial charge in [-0.1, -0.05) is 18.2 Å². The first-order chi connectivity index (χ1) is 14.4. The van der Waals surface area contributed by atoms with Gasteiger partial charge in [-0.05, 0) is 43.5 Å². The van der Waals surface area contributed by atoms with E-state index in [-0.39, 0.29) is 17.0 Å². The van der Waals surface area contributed by atoms with E-state index in [9.17, 15) is 19.7 Å². The molecule has 0 unspecified atom stereocenters. The SMILES string of the molecule is Cc1cc(C(=O)COC(=O)C=Cc2ccccc2[N+](=O)[O-])c(C)n1Cc1cccs1. The highest BCUT2D eigenvalue weighted by Gasteiger charge is 2.17. The molecule has 2 heterocycles. The number of hydrogen-bond donors (Lipinski definition) is 0. The minimum Gasteiger partial charge on any atom is -0.454 e. The lowest BCUT2D eigenvalue weighted by molar-refractivity contribution is -0.385. The van der Waals surface area contributed by atoms with E-state index in [1.165, 1.54) is 23.1 Å². The monoisotopic (exact) mass is 424 g/mol. The van der Waals surface area contributed by atoms with Gasteiger partial charge >= 0.3 is 5.97 Å². The lowest BCUT2D eigenvalue weighted by Crippen LogP contribution is -2.13. The normalized spacial score (nSPS) is 11.0. The van der Waals surface area contributed by atoms with E-state index in [1.807, 2.05) is 31.4 Å². The fraction of sp³-hybridized carbons (Fsp3) is 0.182. The maximum Gasteiger partial charge on any atom is 0.331 e. The van der Waals surface area contributed by atoms with Gasteiger partial charge in [0.15, 0.2) is 6.61 Å². The maximum absolute atomic E-state index is 12.6. The number of aromatic nitrogens is 1. The summed E-state index contributed by atoms with van der Waals surface area (Å²) < 4.78 is 7.09. The molecule has 3 rings (SSSR count). The summed E-state index contributed by atoms with van der Waals surface area (Å²) in [7, 11) is 0. The average molecular weight is 424 g/mol. The number of thiophene rings is 1. The molecule has 0 radical (unpaired) electrons. The van der Waals surface area contributed by atoms with E-state index in [0.717, 1.165) is 17.5 Å². The molecule has 154 valence electrons. The molecule has 1 aromatic carbocycles. The fourth-order valence-electron chi connectivity index (χ4n) is 3.10. The third-order valence-electron chi connectivity index (χ3n) is 4.65. The van der Waals surface area contributed by atoms with Crippen LogP contribution in [0.1, 0.15) is 32.2 Å². The summed E-state index contributed by atoms with van der Waals surface area (Å²) >= 11 is 1.65. The quantitative estimate of drug-likeness (QED) is 0.174. The van der Waals surface area contributed by atoms with Crippen LogP contribution in [0.5, 0.6) is 0 Å². The number of hydrogen-bond acceptors (Lipinski definition) is 6. The number of ketones is 1. The van der Waals surface area contributed by atoms with Gasteiger partial charge in [-0.25, -0.2) is 4.79 Å². The summed E-state index contributed by atoms with van der Waals surface area (Å²) in [6.45, 7) is 4.08. The zero-order chi connectivity index (χ0) is 21.7. The third-order valence-corrected chi connectivity index (χ3v) is 5.51. The standard InChI is InChI=1S/C22H20N2O5S/c1-15-12-19(16(2)23(15)13-18-7-5-11-30-18)21(25)14-29-22(26)10-9-17-6-3-4-8-20(17)24(27)28/h3-12H,13-14H2,1-2H3. The molecule has 0 fully saturated rings. The third kappa shape index (κ3) is 4.90. The maximum atomic E-state index is 12.6. The minimum atomic E-state index is -0.742. The molecule has 0 saturated carbocycles. The number of ether oxygens (including phenoxy) is 1. The Bertz CT molecular complexity index is 1110. The van der Waals surface area contributed by atoms with Crippen molar-refractivity contribution < 1.29 is 19.2 Å². The number of aryl methyl sites for hydroxylation is 1. The van der Waals surface area contributed by atoms with Gasteiger partial charge in [0.1, 0.15) is 0 Å². The van der Waals surface area contributed by atoms with Crippen molar-refractivity contribution in [2.45, 2.75) is 20.4 Å².